The number of anilines is 1. The molecule has 10 heteroatoms. The molecule has 0 bridgehead atoms. The highest BCUT2D eigenvalue weighted by Crippen LogP contribution is 2.34. The van der Waals surface area contributed by atoms with Crippen LogP contribution in [0.15, 0.2) is 72.9 Å². The molecule has 1 heterocycles. The van der Waals surface area contributed by atoms with Gasteiger partial charge in [0, 0.05) is 34.6 Å². The first-order valence-electron chi connectivity index (χ1n) is 10.2. The second-order valence-electron chi connectivity index (χ2n) is 7.57. The molecule has 0 aliphatic heterocycles. The van der Waals surface area contributed by atoms with Crippen LogP contribution in [0.1, 0.15) is 27.0 Å². The van der Waals surface area contributed by atoms with Gasteiger partial charge in [-0.2, -0.15) is 23.5 Å². The Morgan fingerprint density at radius 1 is 1.09 bits per heavy atom. The number of hydrogen-bond acceptors (Lipinski definition) is 4. The number of benzene rings is 3. The first kappa shape index (κ1) is 23.9. The smallest absolute Gasteiger partial charge is 0.416 e. The van der Waals surface area contributed by atoms with Crippen LogP contribution in [0.25, 0.3) is 16.9 Å². The Labute approximate surface area is 202 Å². The molecular formula is C25H16ClF3N4O2. The second-order valence-corrected chi connectivity index (χ2v) is 8.01. The summed E-state index contributed by atoms with van der Waals surface area (Å²) in [5.41, 5.74) is 2.41. The van der Waals surface area contributed by atoms with E-state index in [2.05, 4.69) is 10.4 Å². The number of carboxylic acids is 1. The van der Waals surface area contributed by atoms with Crippen LogP contribution in [0.2, 0.25) is 5.02 Å². The van der Waals surface area contributed by atoms with Gasteiger partial charge in [0.15, 0.2) is 0 Å². The van der Waals surface area contributed by atoms with Crippen LogP contribution in [-0.2, 0) is 12.7 Å². The van der Waals surface area contributed by atoms with Crippen molar-refractivity contribution in [2.75, 3.05) is 5.32 Å². The van der Waals surface area contributed by atoms with Crippen molar-refractivity contribution < 1.29 is 23.1 Å². The zero-order valence-corrected chi connectivity index (χ0v) is 18.6. The normalized spacial score (nSPS) is 11.2. The van der Waals surface area contributed by atoms with Gasteiger partial charge in [-0.3, -0.25) is 0 Å². The predicted molar refractivity (Wildman–Crippen MR) is 124 cm³/mol. The third kappa shape index (κ3) is 5.45. The van der Waals surface area contributed by atoms with E-state index in [1.54, 1.807) is 47.3 Å². The van der Waals surface area contributed by atoms with Gasteiger partial charge < -0.3 is 10.4 Å². The van der Waals surface area contributed by atoms with Crippen LogP contribution in [0.4, 0.5) is 18.9 Å². The Balaban J connectivity index is 1.70. The zero-order chi connectivity index (χ0) is 25.2. The van der Waals surface area contributed by atoms with Gasteiger partial charge >= 0.3 is 12.1 Å². The minimum Gasteiger partial charge on any atom is -0.478 e. The summed E-state index contributed by atoms with van der Waals surface area (Å²) >= 11 is 5.89. The fourth-order valence-electron chi connectivity index (χ4n) is 3.43. The molecule has 176 valence electrons. The number of rotatable bonds is 6. The SMILES string of the molecule is N#Cc1ccc(-c2nn(-c3ccc(C(=O)O)cc3)cc2CNc2cc(Cl)cc(C(F)(F)F)c2)cc1. The maximum absolute atomic E-state index is 13.2. The Hall–Kier alpha value is -4.29. The van der Waals surface area contributed by atoms with Crippen LogP contribution in [0, 0.1) is 11.3 Å². The maximum Gasteiger partial charge on any atom is 0.416 e. The minimum atomic E-state index is -4.54. The van der Waals surface area contributed by atoms with Crippen molar-refractivity contribution in [1.29, 1.82) is 5.26 Å². The van der Waals surface area contributed by atoms with E-state index in [0.29, 0.717) is 28.1 Å². The number of nitrogens with one attached hydrogen (secondary N) is 1. The largest absolute Gasteiger partial charge is 0.478 e. The van der Waals surface area contributed by atoms with Crippen molar-refractivity contribution >= 4 is 23.3 Å². The number of carbonyl (C=O) groups is 1. The summed E-state index contributed by atoms with van der Waals surface area (Å²) in [5.74, 6) is -1.06. The van der Waals surface area contributed by atoms with Gasteiger partial charge in [-0.15, -0.1) is 0 Å². The molecule has 0 aliphatic rings. The number of aromatic nitrogens is 2. The number of aromatic carboxylic acids is 1. The molecule has 35 heavy (non-hydrogen) atoms. The number of carboxylic acid groups (broad SMARTS) is 1. The lowest BCUT2D eigenvalue weighted by molar-refractivity contribution is -0.137. The Bertz CT molecular complexity index is 1420. The number of alkyl halides is 3. The molecule has 4 rings (SSSR count). The molecule has 0 saturated carbocycles. The van der Waals surface area contributed by atoms with Gasteiger partial charge in [0.25, 0.3) is 0 Å². The Morgan fingerprint density at radius 3 is 2.37 bits per heavy atom. The molecule has 0 fully saturated rings. The van der Waals surface area contributed by atoms with E-state index < -0.39 is 17.7 Å². The van der Waals surface area contributed by atoms with Crippen molar-refractivity contribution in [1.82, 2.24) is 9.78 Å². The fourth-order valence-corrected chi connectivity index (χ4v) is 3.66. The van der Waals surface area contributed by atoms with Gasteiger partial charge in [-0.05, 0) is 54.6 Å². The summed E-state index contributed by atoms with van der Waals surface area (Å²) in [6.45, 7) is 0.125. The summed E-state index contributed by atoms with van der Waals surface area (Å²) in [5, 5.41) is 25.7. The number of hydrogen-bond donors (Lipinski definition) is 2. The maximum atomic E-state index is 13.2. The highest BCUT2D eigenvalue weighted by Gasteiger charge is 2.31. The molecular weight excluding hydrogens is 481 g/mol. The molecule has 0 saturated heterocycles. The lowest BCUT2D eigenvalue weighted by Crippen LogP contribution is -2.07. The van der Waals surface area contributed by atoms with Gasteiger partial charge in [-0.1, -0.05) is 23.7 Å². The van der Waals surface area contributed by atoms with Crippen molar-refractivity contribution in [3.05, 3.63) is 100 Å². The van der Waals surface area contributed by atoms with Crippen molar-refractivity contribution in [3.8, 4) is 23.0 Å². The minimum absolute atomic E-state index is 0.0520. The molecule has 0 radical (unpaired) electrons. The van der Waals surface area contributed by atoms with E-state index in [1.165, 1.54) is 18.2 Å². The third-order valence-corrected chi connectivity index (χ3v) is 5.38. The zero-order valence-electron chi connectivity index (χ0n) is 17.8. The van der Waals surface area contributed by atoms with Crippen LogP contribution in [-0.4, -0.2) is 20.9 Å². The average molecular weight is 497 g/mol. The van der Waals surface area contributed by atoms with E-state index in [9.17, 15) is 18.0 Å². The molecule has 2 N–H and O–H groups in total. The lowest BCUT2D eigenvalue weighted by atomic mass is 10.1. The highest BCUT2D eigenvalue weighted by molar-refractivity contribution is 6.30. The van der Waals surface area contributed by atoms with E-state index in [-0.39, 0.29) is 22.8 Å². The lowest BCUT2D eigenvalue weighted by Gasteiger charge is -2.12. The molecule has 0 unspecified atom stereocenters. The van der Waals surface area contributed by atoms with Crippen molar-refractivity contribution in [3.63, 3.8) is 0 Å². The van der Waals surface area contributed by atoms with Crippen LogP contribution in [0.3, 0.4) is 0 Å². The first-order chi connectivity index (χ1) is 16.6. The van der Waals surface area contributed by atoms with Crippen molar-refractivity contribution in [2.24, 2.45) is 0 Å². The molecule has 4 aromatic rings. The number of nitriles is 1. The quantitative estimate of drug-likeness (QED) is 0.322. The highest BCUT2D eigenvalue weighted by atomic mass is 35.5. The summed E-state index contributed by atoms with van der Waals surface area (Å²) in [4.78, 5) is 11.1. The topological polar surface area (TPSA) is 90.9 Å². The van der Waals surface area contributed by atoms with Crippen LogP contribution >= 0.6 is 11.6 Å². The summed E-state index contributed by atoms with van der Waals surface area (Å²) < 4.78 is 41.1. The standard InChI is InChI=1S/C25H16ClF3N4O2/c26-20-9-19(25(27,28)29)10-21(11-20)31-13-18-14-33(22-7-5-17(6-8-22)24(34)35)32-23(18)16-3-1-15(12-30)2-4-16/h1-11,14,31H,13H2,(H,34,35). The molecule has 0 atom stereocenters. The summed E-state index contributed by atoms with van der Waals surface area (Å²) in [6, 6.07) is 18.1. The van der Waals surface area contributed by atoms with E-state index in [0.717, 1.165) is 12.1 Å². The predicted octanol–water partition coefficient (Wildman–Crippen LogP) is 6.39. The molecule has 0 amide bonds. The van der Waals surface area contributed by atoms with E-state index in [4.69, 9.17) is 22.0 Å². The van der Waals surface area contributed by atoms with E-state index >= 15 is 0 Å². The van der Waals surface area contributed by atoms with Gasteiger partial charge in [0.05, 0.1) is 34.1 Å². The first-order valence-corrected chi connectivity index (χ1v) is 10.6. The van der Waals surface area contributed by atoms with Gasteiger partial charge in [0.2, 0.25) is 0 Å². The molecule has 6 nitrogen and oxygen atoms in total. The number of halogens is 4. The van der Waals surface area contributed by atoms with Gasteiger partial charge in [-0.25, -0.2) is 9.48 Å². The molecule has 3 aromatic carbocycles. The Morgan fingerprint density at radius 2 is 1.77 bits per heavy atom. The van der Waals surface area contributed by atoms with Crippen LogP contribution < -0.4 is 5.32 Å². The second kappa shape index (κ2) is 9.52. The van der Waals surface area contributed by atoms with Gasteiger partial charge in [0.1, 0.15) is 0 Å². The molecule has 0 spiro atoms. The number of nitrogens with zero attached hydrogens (tertiary/aromatic N) is 3. The average Bonchev–Trinajstić information content (AvgIpc) is 3.26. The molecule has 0 aliphatic carbocycles. The Kier molecular flexibility index (Phi) is 6.49. The van der Waals surface area contributed by atoms with Crippen molar-refractivity contribution in [2.45, 2.75) is 12.7 Å². The van der Waals surface area contributed by atoms with E-state index in [1.807, 2.05) is 6.07 Å². The summed E-state index contributed by atoms with van der Waals surface area (Å²) in [6.07, 6.45) is -2.84. The fraction of sp³-hybridized carbons (Fsp3) is 0.0800. The van der Waals surface area contributed by atoms with Crippen LogP contribution in [0.5, 0.6) is 0 Å². The monoisotopic (exact) mass is 496 g/mol. The molecule has 1 aromatic heterocycles. The third-order valence-electron chi connectivity index (χ3n) is 5.16. The summed E-state index contributed by atoms with van der Waals surface area (Å²) in [7, 11) is 0.